The number of nitrogens with two attached hydrogens (primary N) is 1. The van der Waals surface area contributed by atoms with Crippen LogP contribution in [0.2, 0.25) is 0 Å². The molecule has 0 aliphatic heterocycles. The van der Waals surface area contributed by atoms with Gasteiger partial charge in [0.1, 0.15) is 4.21 Å². The third-order valence-electron chi connectivity index (χ3n) is 1.26. The molecule has 0 saturated heterocycles. The van der Waals surface area contributed by atoms with Crippen LogP contribution in [0.1, 0.15) is 0 Å². The number of carbonyl (C=O) groups excluding carboxylic acids is 1. The van der Waals surface area contributed by atoms with Gasteiger partial charge in [-0.3, -0.25) is 4.79 Å². The van der Waals surface area contributed by atoms with Gasteiger partial charge in [-0.1, -0.05) is 0 Å². The second kappa shape index (κ2) is 4.39. The summed E-state index contributed by atoms with van der Waals surface area (Å²) in [6.07, 6.45) is 0. The number of hydrogen-bond donors (Lipinski definition) is 2. The molecule has 3 N–H and O–H groups in total. The van der Waals surface area contributed by atoms with Crippen LogP contribution in [0.4, 0.5) is 0 Å². The maximum Gasteiger partial charge on any atom is 0.251 e. The monoisotopic (exact) mass is 298 g/mol. The van der Waals surface area contributed by atoms with Gasteiger partial charge in [-0.2, -0.15) is 0 Å². The highest BCUT2D eigenvalue weighted by atomic mass is 79.9. The van der Waals surface area contributed by atoms with E-state index in [1.807, 2.05) is 0 Å². The largest absolute Gasteiger partial charge is 0.369 e. The van der Waals surface area contributed by atoms with Crippen LogP contribution >= 0.6 is 27.3 Å². The second-order valence-electron chi connectivity index (χ2n) is 2.35. The molecule has 0 aromatic carbocycles. The van der Waals surface area contributed by atoms with Crippen molar-refractivity contribution in [3.8, 4) is 0 Å². The molecule has 14 heavy (non-hydrogen) atoms. The zero-order valence-electron chi connectivity index (χ0n) is 6.86. The predicted octanol–water partition coefficient (Wildman–Crippen LogP) is 0.274. The molecule has 0 aliphatic rings. The molecular formula is C6H7BrN2O3S2. The number of amides is 1. The number of hydrogen-bond acceptors (Lipinski definition) is 4. The van der Waals surface area contributed by atoms with E-state index in [1.165, 1.54) is 0 Å². The van der Waals surface area contributed by atoms with E-state index >= 15 is 0 Å². The van der Waals surface area contributed by atoms with Crippen molar-refractivity contribution in [2.24, 2.45) is 5.73 Å². The van der Waals surface area contributed by atoms with E-state index in [9.17, 15) is 13.2 Å². The summed E-state index contributed by atoms with van der Waals surface area (Å²) in [6, 6.07) is 1.61. The molecule has 0 bridgehead atoms. The predicted molar refractivity (Wildman–Crippen MR) is 56.4 cm³/mol. The highest BCUT2D eigenvalue weighted by Crippen LogP contribution is 2.26. The van der Waals surface area contributed by atoms with Crippen LogP contribution in [0, 0.1) is 0 Å². The quantitative estimate of drug-likeness (QED) is 0.836. The topological polar surface area (TPSA) is 89.3 Å². The summed E-state index contributed by atoms with van der Waals surface area (Å²) in [4.78, 5) is 10.4. The van der Waals surface area contributed by atoms with E-state index in [0.29, 0.717) is 4.47 Å². The van der Waals surface area contributed by atoms with E-state index in [1.54, 1.807) is 11.4 Å². The van der Waals surface area contributed by atoms with Gasteiger partial charge >= 0.3 is 0 Å². The number of primary amides is 1. The standard InChI is InChI=1S/C6H7BrN2O3S2/c7-4-1-2-13-6(4)14(11,12)9-3-5(8)10/h1-2,9H,3H2,(H2,8,10). The summed E-state index contributed by atoms with van der Waals surface area (Å²) in [7, 11) is -3.62. The Balaban J connectivity index is 2.87. The molecule has 0 unspecified atom stereocenters. The van der Waals surface area contributed by atoms with E-state index in [0.717, 1.165) is 11.3 Å². The van der Waals surface area contributed by atoms with E-state index in [4.69, 9.17) is 5.73 Å². The van der Waals surface area contributed by atoms with Gasteiger partial charge in [0.15, 0.2) is 0 Å². The molecule has 0 atom stereocenters. The first-order valence-corrected chi connectivity index (χ1v) is 6.60. The maximum atomic E-state index is 11.5. The lowest BCUT2D eigenvalue weighted by atomic mass is 10.7. The lowest BCUT2D eigenvalue weighted by Crippen LogP contribution is -2.33. The van der Waals surface area contributed by atoms with Crippen molar-refractivity contribution in [2.45, 2.75) is 4.21 Å². The molecule has 1 rings (SSSR count). The first-order valence-electron chi connectivity index (χ1n) is 3.44. The van der Waals surface area contributed by atoms with Crippen LogP contribution < -0.4 is 10.5 Å². The Kier molecular flexibility index (Phi) is 3.65. The minimum absolute atomic E-state index is 0.138. The fourth-order valence-electron chi connectivity index (χ4n) is 0.703. The SMILES string of the molecule is NC(=O)CNS(=O)(=O)c1sccc1Br. The lowest BCUT2D eigenvalue weighted by Gasteiger charge is -2.02. The van der Waals surface area contributed by atoms with E-state index < -0.39 is 22.5 Å². The number of thiophene rings is 1. The van der Waals surface area contributed by atoms with Crippen molar-refractivity contribution in [1.29, 1.82) is 0 Å². The van der Waals surface area contributed by atoms with Crippen LogP contribution in [-0.2, 0) is 14.8 Å². The minimum atomic E-state index is -3.62. The number of rotatable bonds is 4. The summed E-state index contributed by atoms with van der Waals surface area (Å²) in [6.45, 7) is -0.396. The fraction of sp³-hybridized carbons (Fsp3) is 0.167. The fourth-order valence-corrected chi connectivity index (χ4v) is 4.08. The Hall–Kier alpha value is -0.440. The molecule has 8 heteroatoms. The summed E-state index contributed by atoms with van der Waals surface area (Å²) in [5.74, 6) is -0.721. The van der Waals surface area contributed by atoms with Crippen LogP contribution in [0.25, 0.3) is 0 Å². The highest BCUT2D eigenvalue weighted by Gasteiger charge is 2.19. The van der Waals surface area contributed by atoms with Gasteiger partial charge in [-0.25, -0.2) is 13.1 Å². The van der Waals surface area contributed by atoms with Crippen molar-refractivity contribution in [2.75, 3.05) is 6.54 Å². The Bertz CT molecular complexity index is 440. The Morgan fingerprint density at radius 1 is 1.64 bits per heavy atom. The van der Waals surface area contributed by atoms with Crippen molar-refractivity contribution < 1.29 is 13.2 Å². The molecule has 0 aliphatic carbocycles. The summed E-state index contributed by atoms with van der Waals surface area (Å²) >= 11 is 4.14. The van der Waals surface area contributed by atoms with Gasteiger partial charge in [0.2, 0.25) is 5.91 Å². The highest BCUT2D eigenvalue weighted by molar-refractivity contribution is 9.10. The number of carbonyl (C=O) groups is 1. The molecule has 0 spiro atoms. The van der Waals surface area contributed by atoms with Gasteiger partial charge in [0.05, 0.1) is 6.54 Å². The van der Waals surface area contributed by atoms with Crippen molar-refractivity contribution >= 4 is 43.2 Å². The van der Waals surface area contributed by atoms with Crippen molar-refractivity contribution in [3.63, 3.8) is 0 Å². The Morgan fingerprint density at radius 3 is 2.71 bits per heavy atom. The van der Waals surface area contributed by atoms with Crippen LogP contribution in [0.3, 0.4) is 0 Å². The van der Waals surface area contributed by atoms with E-state index in [2.05, 4.69) is 20.7 Å². The molecule has 0 saturated carbocycles. The van der Waals surface area contributed by atoms with Crippen LogP contribution in [0.15, 0.2) is 20.1 Å². The average Bonchev–Trinajstić information content (AvgIpc) is 2.48. The third-order valence-corrected chi connectivity index (χ3v) is 5.34. The molecule has 1 amide bonds. The summed E-state index contributed by atoms with van der Waals surface area (Å²) in [5, 5.41) is 1.63. The normalized spacial score (nSPS) is 11.5. The molecule has 1 aromatic heterocycles. The molecule has 1 heterocycles. The number of halogens is 1. The molecule has 1 aromatic rings. The first kappa shape index (κ1) is 11.6. The molecule has 0 fully saturated rings. The van der Waals surface area contributed by atoms with Crippen molar-refractivity contribution in [1.82, 2.24) is 4.72 Å². The summed E-state index contributed by atoms with van der Waals surface area (Å²) < 4.78 is 25.6. The zero-order valence-corrected chi connectivity index (χ0v) is 10.1. The van der Waals surface area contributed by atoms with Crippen LogP contribution in [0.5, 0.6) is 0 Å². The molecule has 5 nitrogen and oxygen atoms in total. The smallest absolute Gasteiger partial charge is 0.251 e. The summed E-state index contributed by atoms with van der Waals surface area (Å²) in [5.41, 5.74) is 4.82. The molecular weight excluding hydrogens is 292 g/mol. The van der Waals surface area contributed by atoms with Gasteiger partial charge in [0, 0.05) is 4.47 Å². The van der Waals surface area contributed by atoms with E-state index in [-0.39, 0.29) is 4.21 Å². The first-order chi connectivity index (χ1) is 6.43. The third kappa shape index (κ3) is 2.77. The van der Waals surface area contributed by atoms with Crippen molar-refractivity contribution in [3.05, 3.63) is 15.9 Å². The van der Waals surface area contributed by atoms with Gasteiger partial charge in [-0.05, 0) is 27.4 Å². The maximum absolute atomic E-state index is 11.5. The Labute approximate surface area is 93.5 Å². The zero-order chi connectivity index (χ0) is 10.8. The molecule has 78 valence electrons. The average molecular weight is 299 g/mol. The Morgan fingerprint density at radius 2 is 2.29 bits per heavy atom. The van der Waals surface area contributed by atoms with Gasteiger partial charge in [0.25, 0.3) is 10.0 Å². The second-order valence-corrected chi connectivity index (χ2v) is 6.08. The molecule has 0 radical (unpaired) electrons. The van der Waals surface area contributed by atoms with Gasteiger partial charge in [-0.15, -0.1) is 11.3 Å². The van der Waals surface area contributed by atoms with Crippen LogP contribution in [-0.4, -0.2) is 20.9 Å². The minimum Gasteiger partial charge on any atom is -0.369 e. The lowest BCUT2D eigenvalue weighted by molar-refractivity contribution is -0.116. The number of nitrogens with one attached hydrogen (secondary N) is 1. The van der Waals surface area contributed by atoms with Gasteiger partial charge < -0.3 is 5.73 Å². The number of sulfonamides is 1.